The van der Waals surface area contributed by atoms with Crippen LogP contribution in [-0.2, 0) is 6.42 Å². The minimum absolute atomic E-state index is 0.600. The Kier molecular flexibility index (Phi) is 4.45. The summed E-state index contributed by atoms with van der Waals surface area (Å²) in [4.78, 5) is 0. The van der Waals surface area contributed by atoms with Gasteiger partial charge in [-0.3, -0.25) is 0 Å². The molecule has 0 bridgehead atoms. The van der Waals surface area contributed by atoms with E-state index in [1.807, 2.05) is 0 Å². The van der Waals surface area contributed by atoms with Crippen LogP contribution in [0.1, 0.15) is 74.6 Å². The molecule has 1 nitrogen and oxygen atoms in total. The van der Waals surface area contributed by atoms with Crippen LogP contribution in [-0.4, -0.2) is 6.04 Å². The van der Waals surface area contributed by atoms with E-state index in [0.717, 1.165) is 5.92 Å². The fourth-order valence-electron chi connectivity index (χ4n) is 4.16. The number of benzene rings is 1. The molecule has 0 saturated heterocycles. The van der Waals surface area contributed by atoms with E-state index in [2.05, 4.69) is 37.4 Å². The summed E-state index contributed by atoms with van der Waals surface area (Å²) in [6, 6.07) is 8.27. The van der Waals surface area contributed by atoms with E-state index in [1.165, 1.54) is 56.9 Å². The lowest BCUT2D eigenvalue weighted by molar-refractivity contribution is 0.309. The van der Waals surface area contributed by atoms with E-state index in [1.54, 1.807) is 11.1 Å². The lowest BCUT2D eigenvalue weighted by Crippen LogP contribution is -2.35. The van der Waals surface area contributed by atoms with E-state index in [0.29, 0.717) is 12.1 Å². The van der Waals surface area contributed by atoms with Crippen molar-refractivity contribution in [3.8, 4) is 0 Å². The van der Waals surface area contributed by atoms with Gasteiger partial charge in [0, 0.05) is 12.1 Å². The van der Waals surface area contributed by atoms with Gasteiger partial charge in [-0.15, -0.1) is 0 Å². The van der Waals surface area contributed by atoms with Gasteiger partial charge in [0.2, 0.25) is 0 Å². The Morgan fingerprint density at radius 2 is 1.80 bits per heavy atom. The molecule has 1 aromatic carbocycles. The molecule has 0 amide bonds. The Labute approximate surface area is 124 Å². The molecule has 0 heterocycles. The molecule has 2 atom stereocenters. The summed E-state index contributed by atoms with van der Waals surface area (Å²) in [6.45, 7) is 4.63. The molecule has 0 aromatic heterocycles. The van der Waals surface area contributed by atoms with Gasteiger partial charge in [0.25, 0.3) is 0 Å². The maximum Gasteiger partial charge on any atom is 0.0328 e. The van der Waals surface area contributed by atoms with Crippen LogP contribution in [0.5, 0.6) is 0 Å². The standard InChI is InChI=1S/C19H29N/c1-14-9-10-17-11-12-19(18(17)13-14)20-15(2)16-7-5-3-4-6-8-16/h9-10,13,15-16,19-20H,3-8,11-12H2,1-2H3/t15-,19?/m0/s1. The van der Waals surface area contributed by atoms with Crippen molar-refractivity contribution in [2.45, 2.75) is 77.3 Å². The smallest absolute Gasteiger partial charge is 0.0328 e. The number of nitrogens with one attached hydrogen (secondary N) is 1. The summed E-state index contributed by atoms with van der Waals surface area (Å²) in [5, 5.41) is 3.96. The van der Waals surface area contributed by atoms with Crippen molar-refractivity contribution in [1.82, 2.24) is 5.32 Å². The van der Waals surface area contributed by atoms with Crippen LogP contribution < -0.4 is 5.32 Å². The third-order valence-corrected chi connectivity index (χ3v) is 5.45. The molecule has 1 saturated carbocycles. The second-order valence-electron chi connectivity index (χ2n) is 7.00. The molecule has 1 fully saturated rings. The minimum atomic E-state index is 0.600. The molecule has 1 unspecified atom stereocenters. The highest BCUT2D eigenvalue weighted by Gasteiger charge is 2.26. The molecule has 20 heavy (non-hydrogen) atoms. The van der Waals surface area contributed by atoms with Crippen molar-refractivity contribution in [2.24, 2.45) is 5.92 Å². The minimum Gasteiger partial charge on any atom is -0.307 e. The summed E-state index contributed by atoms with van der Waals surface area (Å²) in [5.74, 6) is 0.895. The van der Waals surface area contributed by atoms with Gasteiger partial charge in [-0.2, -0.15) is 0 Å². The Hall–Kier alpha value is -0.820. The van der Waals surface area contributed by atoms with Crippen LogP contribution in [0.15, 0.2) is 18.2 Å². The van der Waals surface area contributed by atoms with Gasteiger partial charge in [0.05, 0.1) is 0 Å². The molecule has 2 aliphatic carbocycles. The van der Waals surface area contributed by atoms with Gasteiger partial charge in [-0.05, 0) is 56.6 Å². The summed E-state index contributed by atoms with van der Waals surface area (Å²) in [7, 11) is 0. The van der Waals surface area contributed by atoms with E-state index in [4.69, 9.17) is 0 Å². The van der Waals surface area contributed by atoms with Crippen molar-refractivity contribution in [3.63, 3.8) is 0 Å². The number of hydrogen-bond donors (Lipinski definition) is 1. The van der Waals surface area contributed by atoms with Crippen molar-refractivity contribution < 1.29 is 0 Å². The van der Waals surface area contributed by atoms with Crippen molar-refractivity contribution in [2.75, 3.05) is 0 Å². The Morgan fingerprint density at radius 1 is 1.05 bits per heavy atom. The zero-order valence-corrected chi connectivity index (χ0v) is 13.1. The number of hydrogen-bond acceptors (Lipinski definition) is 1. The summed E-state index contributed by atoms with van der Waals surface area (Å²) in [5.41, 5.74) is 4.55. The van der Waals surface area contributed by atoms with E-state index in [-0.39, 0.29) is 0 Å². The monoisotopic (exact) mass is 271 g/mol. The molecule has 0 aliphatic heterocycles. The molecular formula is C19H29N. The zero-order chi connectivity index (χ0) is 13.9. The molecule has 110 valence electrons. The highest BCUT2D eigenvalue weighted by molar-refractivity contribution is 5.37. The molecular weight excluding hydrogens is 242 g/mol. The fourth-order valence-corrected chi connectivity index (χ4v) is 4.16. The first-order valence-electron chi connectivity index (χ1n) is 8.59. The molecule has 0 spiro atoms. The highest BCUT2D eigenvalue weighted by atomic mass is 15.0. The van der Waals surface area contributed by atoms with Crippen LogP contribution in [0.25, 0.3) is 0 Å². The number of fused-ring (bicyclic) bond motifs is 1. The summed E-state index contributed by atoms with van der Waals surface area (Å²) in [6.07, 6.45) is 11.2. The van der Waals surface area contributed by atoms with Gasteiger partial charge in [0.1, 0.15) is 0 Å². The van der Waals surface area contributed by atoms with Gasteiger partial charge in [-0.25, -0.2) is 0 Å². The summed E-state index contributed by atoms with van der Waals surface area (Å²) >= 11 is 0. The third-order valence-electron chi connectivity index (χ3n) is 5.45. The lowest BCUT2D eigenvalue weighted by atomic mass is 9.92. The van der Waals surface area contributed by atoms with Crippen LogP contribution in [0.3, 0.4) is 0 Å². The van der Waals surface area contributed by atoms with Crippen LogP contribution >= 0.6 is 0 Å². The normalized spacial score (nSPS) is 25.2. The quantitative estimate of drug-likeness (QED) is 0.769. The predicted octanol–water partition coefficient (Wildman–Crippen LogP) is 4.93. The largest absolute Gasteiger partial charge is 0.307 e. The number of aryl methyl sites for hydroxylation is 2. The molecule has 1 aromatic rings. The first kappa shape index (κ1) is 14.1. The van der Waals surface area contributed by atoms with Crippen LogP contribution in [0, 0.1) is 12.8 Å². The van der Waals surface area contributed by atoms with E-state index >= 15 is 0 Å². The fraction of sp³-hybridized carbons (Fsp3) is 0.684. The van der Waals surface area contributed by atoms with Gasteiger partial charge in [0.15, 0.2) is 0 Å². The molecule has 2 aliphatic rings. The highest BCUT2D eigenvalue weighted by Crippen LogP contribution is 2.34. The van der Waals surface area contributed by atoms with Crippen molar-refractivity contribution >= 4 is 0 Å². The van der Waals surface area contributed by atoms with Crippen molar-refractivity contribution in [3.05, 3.63) is 34.9 Å². The Bertz CT molecular complexity index is 443. The van der Waals surface area contributed by atoms with Gasteiger partial charge < -0.3 is 5.32 Å². The Morgan fingerprint density at radius 3 is 2.55 bits per heavy atom. The lowest BCUT2D eigenvalue weighted by Gasteiger charge is -2.27. The van der Waals surface area contributed by atoms with E-state index in [9.17, 15) is 0 Å². The SMILES string of the molecule is Cc1ccc2c(c1)C(N[C@@H](C)C1CCCCCC1)CC2. The van der Waals surface area contributed by atoms with Gasteiger partial charge in [-0.1, -0.05) is 49.4 Å². The zero-order valence-electron chi connectivity index (χ0n) is 13.1. The van der Waals surface area contributed by atoms with Crippen LogP contribution in [0.2, 0.25) is 0 Å². The average Bonchev–Trinajstić information content (AvgIpc) is 2.67. The molecule has 1 heteroatoms. The first-order chi connectivity index (χ1) is 9.74. The number of rotatable bonds is 3. The van der Waals surface area contributed by atoms with E-state index < -0.39 is 0 Å². The Balaban J connectivity index is 1.65. The second-order valence-corrected chi connectivity index (χ2v) is 7.00. The second kappa shape index (κ2) is 6.30. The summed E-state index contributed by atoms with van der Waals surface area (Å²) < 4.78 is 0. The predicted molar refractivity (Wildman–Crippen MR) is 86.0 cm³/mol. The maximum absolute atomic E-state index is 3.96. The van der Waals surface area contributed by atoms with Gasteiger partial charge >= 0.3 is 0 Å². The topological polar surface area (TPSA) is 12.0 Å². The average molecular weight is 271 g/mol. The van der Waals surface area contributed by atoms with Crippen molar-refractivity contribution in [1.29, 1.82) is 0 Å². The van der Waals surface area contributed by atoms with Crippen LogP contribution in [0.4, 0.5) is 0 Å². The third kappa shape index (κ3) is 3.09. The molecule has 1 N–H and O–H groups in total. The maximum atomic E-state index is 3.96. The first-order valence-corrected chi connectivity index (χ1v) is 8.59. The molecule has 0 radical (unpaired) electrons. The molecule has 3 rings (SSSR count).